The molecule has 0 radical (unpaired) electrons. The molecule has 1 aliphatic rings. The molecule has 0 aliphatic heterocycles. The minimum atomic E-state index is 0.726. The van der Waals surface area contributed by atoms with Crippen LogP contribution in [-0.4, -0.2) is 6.29 Å². The summed E-state index contributed by atoms with van der Waals surface area (Å²) in [4.78, 5) is 10.6. The molecule has 1 heteroatoms. The van der Waals surface area contributed by atoms with E-state index in [-0.39, 0.29) is 0 Å². The first-order valence-electron chi connectivity index (χ1n) is 7.38. The molecule has 0 heterocycles. The molecule has 1 aliphatic carbocycles. The van der Waals surface area contributed by atoms with Gasteiger partial charge in [-0.3, -0.25) is 4.79 Å². The van der Waals surface area contributed by atoms with E-state index in [0.29, 0.717) is 0 Å². The van der Waals surface area contributed by atoms with Crippen molar-refractivity contribution in [2.24, 2.45) is 5.92 Å². The van der Waals surface area contributed by atoms with E-state index in [9.17, 15) is 4.79 Å². The van der Waals surface area contributed by atoms with Gasteiger partial charge in [0.1, 0.15) is 6.29 Å². The van der Waals surface area contributed by atoms with Gasteiger partial charge in [-0.2, -0.15) is 0 Å². The largest absolute Gasteiger partial charge is 0.298 e. The van der Waals surface area contributed by atoms with E-state index in [2.05, 4.69) is 19.1 Å². The Hall–Kier alpha value is -1.11. The first kappa shape index (κ1) is 13.3. The number of carbonyl (C=O) groups excluding carboxylic acids is 1. The fourth-order valence-corrected chi connectivity index (χ4v) is 3.12. The van der Waals surface area contributed by atoms with Crippen LogP contribution in [0.1, 0.15) is 73.7 Å². The molecule has 1 nitrogen and oxygen atoms in total. The number of benzene rings is 1. The lowest BCUT2D eigenvalue weighted by Gasteiger charge is -2.28. The second-order valence-electron chi connectivity index (χ2n) is 5.64. The third-order valence-electron chi connectivity index (χ3n) is 4.36. The molecular formula is C17H24O. The average molecular weight is 244 g/mol. The first-order valence-corrected chi connectivity index (χ1v) is 7.38. The summed E-state index contributed by atoms with van der Waals surface area (Å²) >= 11 is 0. The Morgan fingerprint density at radius 2 is 1.78 bits per heavy atom. The SMILES string of the molecule is CCCCC1CCC(c2ccc(C=O)cc2)CC1. The van der Waals surface area contributed by atoms with Gasteiger partial charge in [-0.1, -0.05) is 50.5 Å². The molecule has 0 N–H and O–H groups in total. The fraction of sp³-hybridized carbons (Fsp3) is 0.588. The van der Waals surface area contributed by atoms with Crippen molar-refractivity contribution >= 4 is 6.29 Å². The van der Waals surface area contributed by atoms with Crippen molar-refractivity contribution < 1.29 is 4.79 Å². The molecule has 2 rings (SSSR count). The summed E-state index contributed by atoms with van der Waals surface area (Å²) in [5.74, 6) is 1.69. The lowest BCUT2D eigenvalue weighted by atomic mass is 9.77. The third kappa shape index (κ3) is 3.44. The van der Waals surface area contributed by atoms with Crippen molar-refractivity contribution in [1.82, 2.24) is 0 Å². The van der Waals surface area contributed by atoms with Gasteiger partial charge >= 0.3 is 0 Å². The highest BCUT2D eigenvalue weighted by molar-refractivity contribution is 5.74. The number of hydrogen-bond donors (Lipinski definition) is 0. The molecule has 0 unspecified atom stereocenters. The third-order valence-corrected chi connectivity index (χ3v) is 4.36. The zero-order chi connectivity index (χ0) is 12.8. The van der Waals surface area contributed by atoms with Gasteiger partial charge in [-0.25, -0.2) is 0 Å². The van der Waals surface area contributed by atoms with Crippen molar-refractivity contribution in [3.05, 3.63) is 35.4 Å². The maximum Gasteiger partial charge on any atom is 0.150 e. The van der Waals surface area contributed by atoms with Crippen LogP contribution in [0.4, 0.5) is 0 Å². The van der Waals surface area contributed by atoms with E-state index in [1.54, 1.807) is 0 Å². The van der Waals surface area contributed by atoms with Gasteiger partial charge in [0.05, 0.1) is 0 Å². The van der Waals surface area contributed by atoms with E-state index in [1.807, 2.05) is 12.1 Å². The quantitative estimate of drug-likeness (QED) is 0.669. The van der Waals surface area contributed by atoms with Gasteiger partial charge in [0.15, 0.2) is 0 Å². The number of rotatable bonds is 5. The van der Waals surface area contributed by atoms with Crippen molar-refractivity contribution in [2.45, 2.75) is 57.8 Å². The van der Waals surface area contributed by atoms with E-state index < -0.39 is 0 Å². The van der Waals surface area contributed by atoms with Crippen LogP contribution >= 0.6 is 0 Å². The monoisotopic (exact) mass is 244 g/mol. The van der Waals surface area contributed by atoms with Gasteiger partial charge in [-0.15, -0.1) is 0 Å². The van der Waals surface area contributed by atoms with E-state index >= 15 is 0 Å². The van der Waals surface area contributed by atoms with Crippen LogP contribution in [0, 0.1) is 5.92 Å². The second-order valence-corrected chi connectivity index (χ2v) is 5.64. The number of carbonyl (C=O) groups is 1. The van der Waals surface area contributed by atoms with Crippen molar-refractivity contribution in [3.8, 4) is 0 Å². The van der Waals surface area contributed by atoms with Crippen LogP contribution in [-0.2, 0) is 0 Å². The molecule has 0 bridgehead atoms. The highest BCUT2D eigenvalue weighted by Crippen LogP contribution is 2.37. The van der Waals surface area contributed by atoms with E-state index in [0.717, 1.165) is 23.7 Å². The van der Waals surface area contributed by atoms with Crippen LogP contribution in [0.5, 0.6) is 0 Å². The van der Waals surface area contributed by atoms with Crippen LogP contribution < -0.4 is 0 Å². The normalized spacial score (nSPS) is 23.8. The van der Waals surface area contributed by atoms with E-state index in [4.69, 9.17) is 0 Å². The highest BCUT2D eigenvalue weighted by Gasteiger charge is 2.21. The molecular weight excluding hydrogens is 220 g/mol. The first-order chi connectivity index (χ1) is 8.83. The van der Waals surface area contributed by atoms with Crippen LogP contribution in [0.2, 0.25) is 0 Å². The molecule has 0 amide bonds. The lowest BCUT2D eigenvalue weighted by Crippen LogP contribution is -2.13. The predicted octanol–water partition coefficient (Wildman–Crippen LogP) is 4.96. The summed E-state index contributed by atoms with van der Waals surface area (Å²) in [6, 6.07) is 8.18. The Morgan fingerprint density at radius 3 is 2.33 bits per heavy atom. The van der Waals surface area contributed by atoms with Gasteiger partial charge < -0.3 is 0 Å². The molecule has 0 saturated heterocycles. The Balaban J connectivity index is 1.86. The summed E-state index contributed by atoms with van der Waals surface area (Å²) in [5.41, 5.74) is 2.21. The minimum Gasteiger partial charge on any atom is -0.298 e. The zero-order valence-corrected chi connectivity index (χ0v) is 11.4. The van der Waals surface area contributed by atoms with Gasteiger partial charge in [0.2, 0.25) is 0 Å². The molecule has 1 aromatic carbocycles. The smallest absolute Gasteiger partial charge is 0.150 e. The average Bonchev–Trinajstić information content (AvgIpc) is 2.46. The maximum absolute atomic E-state index is 10.6. The standard InChI is InChI=1S/C17H24O/c1-2-3-4-14-5-9-16(10-6-14)17-11-7-15(13-18)8-12-17/h7-8,11-14,16H,2-6,9-10H2,1H3. The van der Waals surface area contributed by atoms with Crippen molar-refractivity contribution in [3.63, 3.8) is 0 Å². The highest BCUT2D eigenvalue weighted by atomic mass is 16.1. The molecule has 98 valence electrons. The number of hydrogen-bond acceptors (Lipinski definition) is 1. The van der Waals surface area contributed by atoms with Crippen molar-refractivity contribution in [2.75, 3.05) is 0 Å². The van der Waals surface area contributed by atoms with Crippen LogP contribution in [0.3, 0.4) is 0 Å². The maximum atomic E-state index is 10.6. The van der Waals surface area contributed by atoms with Gasteiger partial charge in [0.25, 0.3) is 0 Å². The number of unbranched alkanes of at least 4 members (excludes halogenated alkanes) is 1. The lowest BCUT2D eigenvalue weighted by molar-refractivity contribution is 0.112. The Kier molecular flexibility index (Phi) is 4.98. The molecule has 0 aromatic heterocycles. The van der Waals surface area contributed by atoms with Gasteiger partial charge in [0, 0.05) is 5.56 Å². The predicted molar refractivity (Wildman–Crippen MR) is 76.1 cm³/mol. The minimum absolute atomic E-state index is 0.726. The summed E-state index contributed by atoms with van der Waals surface area (Å²) < 4.78 is 0. The molecule has 0 atom stereocenters. The molecule has 1 aromatic rings. The van der Waals surface area contributed by atoms with Crippen molar-refractivity contribution in [1.29, 1.82) is 0 Å². The molecule has 0 spiro atoms. The summed E-state index contributed by atoms with van der Waals surface area (Å²) in [7, 11) is 0. The molecule has 18 heavy (non-hydrogen) atoms. The summed E-state index contributed by atoms with van der Waals surface area (Å²) in [5, 5.41) is 0. The van der Waals surface area contributed by atoms with Crippen LogP contribution in [0.25, 0.3) is 0 Å². The van der Waals surface area contributed by atoms with Gasteiger partial charge in [-0.05, 0) is 43.1 Å². The summed E-state index contributed by atoms with van der Waals surface area (Å²) in [6.07, 6.45) is 10.5. The Morgan fingerprint density at radius 1 is 1.11 bits per heavy atom. The number of aldehydes is 1. The molecule has 1 saturated carbocycles. The topological polar surface area (TPSA) is 17.1 Å². The van der Waals surface area contributed by atoms with E-state index in [1.165, 1.54) is 50.5 Å². The Bertz CT molecular complexity index is 358. The fourth-order valence-electron chi connectivity index (χ4n) is 3.12. The second kappa shape index (κ2) is 6.72. The zero-order valence-electron chi connectivity index (χ0n) is 11.4. The Labute approximate surface area is 111 Å². The molecule has 1 fully saturated rings. The van der Waals surface area contributed by atoms with Crippen LogP contribution in [0.15, 0.2) is 24.3 Å². The summed E-state index contributed by atoms with van der Waals surface area (Å²) in [6.45, 7) is 2.28.